The van der Waals surface area contributed by atoms with Gasteiger partial charge >= 0.3 is 0 Å². The van der Waals surface area contributed by atoms with Crippen molar-refractivity contribution in [3.8, 4) is 11.6 Å². The van der Waals surface area contributed by atoms with Crippen LogP contribution >= 0.6 is 0 Å². The van der Waals surface area contributed by atoms with Gasteiger partial charge in [0, 0.05) is 11.8 Å². The van der Waals surface area contributed by atoms with Crippen LogP contribution in [-0.4, -0.2) is 10.1 Å². The van der Waals surface area contributed by atoms with E-state index in [0.717, 1.165) is 29.0 Å². The number of aliphatic hydroxyl groups is 1. The Labute approximate surface area is 107 Å². The maximum Gasteiger partial charge on any atom is 0.219 e. The van der Waals surface area contributed by atoms with Gasteiger partial charge in [-0.3, -0.25) is 0 Å². The van der Waals surface area contributed by atoms with Crippen LogP contribution < -0.4 is 4.74 Å². The highest BCUT2D eigenvalue weighted by atomic mass is 16.5. The largest absolute Gasteiger partial charge is 0.439 e. The molecule has 18 heavy (non-hydrogen) atoms. The second-order valence-corrected chi connectivity index (χ2v) is 4.24. The lowest BCUT2D eigenvalue weighted by atomic mass is 10.2. The van der Waals surface area contributed by atoms with Crippen LogP contribution in [0.15, 0.2) is 36.4 Å². The van der Waals surface area contributed by atoms with Crippen molar-refractivity contribution in [1.82, 2.24) is 4.98 Å². The number of ether oxygens (including phenoxy) is 1. The molecule has 2 rings (SSSR count). The van der Waals surface area contributed by atoms with E-state index in [1.807, 2.05) is 44.2 Å². The van der Waals surface area contributed by atoms with Crippen molar-refractivity contribution in [3.63, 3.8) is 0 Å². The van der Waals surface area contributed by atoms with Crippen LogP contribution in [0.3, 0.4) is 0 Å². The van der Waals surface area contributed by atoms with E-state index in [2.05, 4.69) is 4.98 Å². The number of aromatic nitrogens is 1. The molecule has 2 aromatic rings. The molecule has 0 fully saturated rings. The molecule has 0 atom stereocenters. The van der Waals surface area contributed by atoms with E-state index >= 15 is 0 Å². The summed E-state index contributed by atoms with van der Waals surface area (Å²) in [6.45, 7) is 4.04. The van der Waals surface area contributed by atoms with Gasteiger partial charge in [0.15, 0.2) is 0 Å². The van der Waals surface area contributed by atoms with Gasteiger partial charge in [0.1, 0.15) is 5.75 Å². The van der Waals surface area contributed by atoms with Crippen molar-refractivity contribution in [3.05, 3.63) is 53.2 Å². The van der Waals surface area contributed by atoms with Crippen molar-refractivity contribution >= 4 is 0 Å². The SMILES string of the molecule is CCc1cc(CO)cc(Oc2cccc(C)c2)n1. The topological polar surface area (TPSA) is 42.4 Å². The number of aliphatic hydroxyl groups excluding tert-OH is 1. The summed E-state index contributed by atoms with van der Waals surface area (Å²) < 4.78 is 5.72. The molecule has 3 heteroatoms. The zero-order valence-corrected chi connectivity index (χ0v) is 10.7. The molecule has 94 valence electrons. The first kappa shape index (κ1) is 12.6. The van der Waals surface area contributed by atoms with E-state index in [9.17, 15) is 5.11 Å². The van der Waals surface area contributed by atoms with Crippen LogP contribution in [0.4, 0.5) is 0 Å². The predicted octanol–water partition coefficient (Wildman–Crippen LogP) is 3.24. The number of aryl methyl sites for hydroxylation is 2. The number of rotatable bonds is 4. The van der Waals surface area contributed by atoms with E-state index in [1.165, 1.54) is 0 Å². The molecule has 0 amide bonds. The first-order chi connectivity index (χ1) is 8.71. The Kier molecular flexibility index (Phi) is 3.95. The Hall–Kier alpha value is -1.87. The fraction of sp³-hybridized carbons (Fsp3) is 0.267. The Balaban J connectivity index is 2.28. The zero-order valence-electron chi connectivity index (χ0n) is 10.7. The molecular formula is C15H17NO2. The van der Waals surface area contributed by atoms with Crippen LogP contribution in [0.2, 0.25) is 0 Å². The minimum absolute atomic E-state index is 0.000300. The van der Waals surface area contributed by atoms with Crippen LogP contribution in [0, 0.1) is 6.92 Å². The minimum Gasteiger partial charge on any atom is -0.439 e. The molecule has 1 aromatic carbocycles. The van der Waals surface area contributed by atoms with Gasteiger partial charge in [-0.25, -0.2) is 4.98 Å². The number of hydrogen-bond acceptors (Lipinski definition) is 3. The van der Waals surface area contributed by atoms with Crippen molar-refractivity contribution in [1.29, 1.82) is 0 Å². The predicted molar refractivity (Wildman–Crippen MR) is 70.8 cm³/mol. The molecule has 3 nitrogen and oxygen atoms in total. The van der Waals surface area contributed by atoms with E-state index in [1.54, 1.807) is 6.07 Å². The van der Waals surface area contributed by atoms with Gasteiger partial charge < -0.3 is 9.84 Å². The summed E-state index contributed by atoms with van der Waals surface area (Å²) in [4.78, 5) is 4.39. The van der Waals surface area contributed by atoms with Gasteiger partial charge in [0.2, 0.25) is 5.88 Å². The fourth-order valence-electron chi connectivity index (χ4n) is 1.74. The highest BCUT2D eigenvalue weighted by Crippen LogP contribution is 2.22. The quantitative estimate of drug-likeness (QED) is 0.896. The average molecular weight is 243 g/mol. The van der Waals surface area contributed by atoms with E-state index in [0.29, 0.717) is 5.88 Å². The van der Waals surface area contributed by atoms with Crippen molar-refractivity contribution < 1.29 is 9.84 Å². The fourth-order valence-corrected chi connectivity index (χ4v) is 1.74. The van der Waals surface area contributed by atoms with E-state index in [4.69, 9.17) is 4.74 Å². The normalized spacial score (nSPS) is 10.4. The van der Waals surface area contributed by atoms with Crippen LogP contribution in [0.1, 0.15) is 23.7 Å². The summed E-state index contributed by atoms with van der Waals surface area (Å²) in [7, 11) is 0. The summed E-state index contributed by atoms with van der Waals surface area (Å²) in [6.07, 6.45) is 0.817. The molecule has 1 N–H and O–H groups in total. The second-order valence-electron chi connectivity index (χ2n) is 4.24. The summed E-state index contributed by atoms with van der Waals surface area (Å²) in [5, 5.41) is 9.21. The third-order valence-corrected chi connectivity index (χ3v) is 2.67. The smallest absolute Gasteiger partial charge is 0.219 e. The summed E-state index contributed by atoms with van der Waals surface area (Å²) in [6, 6.07) is 11.5. The maximum atomic E-state index is 9.21. The van der Waals surface area contributed by atoms with Gasteiger partial charge in [-0.2, -0.15) is 0 Å². The third kappa shape index (κ3) is 3.08. The average Bonchev–Trinajstić information content (AvgIpc) is 2.38. The molecule has 0 aliphatic carbocycles. The van der Waals surface area contributed by atoms with Crippen molar-refractivity contribution in [2.24, 2.45) is 0 Å². The molecule has 1 aromatic heterocycles. The molecule has 0 radical (unpaired) electrons. The number of nitrogens with zero attached hydrogens (tertiary/aromatic N) is 1. The van der Waals surface area contributed by atoms with Gasteiger partial charge in [0.25, 0.3) is 0 Å². The monoisotopic (exact) mass is 243 g/mol. The lowest BCUT2D eigenvalue weighted by molar-refractivity contribution is 0.281. The molecule has 0 saturated carbocycles. The number of hydrogen-bond donors (Lipinski definition) is 1. The molecule has 0 bridgehead atoms. The molecular weight excluding hydrogens is 226 g/mol. The summed E-state index contributed by atoms with van der Waals surface area (Å²) in [5.41, 5.74) is 2.88. The van der Waals surface area contributed by atoms with Gasteiger partial charge in [-0.05, 0) is 42.7 Å². The van der Waals surface area contributed by atoms with E-state index in [-0.39, 0.29) is 6.61 Å². The standard InChI is InChI=1S/C15H17NO2/c1-3-13-8-12(10-17)9-15(16-13)18-14-6-4-5-11(2)7-14/h4-9,17H,3,10H2,1-2H3. The molecule has 0 aliphatic heterocycles. The maximum absolute atomic E-state index is 9.21. The summed E-state index contributed by atoms with van der Waals surface area (Å²) >= 11 is 0. The van der Waals surface area contributed by atoms with Crippen LogP contribution in [0.25, 0.3) is 0 Å². The van der Waals surface area contributed by atoms with Crippen molar-refractivity contribution in [2.45, 2.75) is 26.9 Å². The van der Waals surface area contributed by atoms with Gasteiger partial charge in [0.05, 0.1) is 6.61 Å². The summed E-state index contributed by atoms with van der Waals surface area (Å²) in [5.74, 6) is 1.30. The molecule has 1 heterocycles. The van der Waals surface area contributed by atoms with Crippen LogP contribution in [-0.2, 0) is 13.0 Å². The molecule has 0 unspecified atom stereocenters. The Morgan fingerprint density at radius 1 is 1.22 bits per heavy atom. The highest BCUT2D eigenvalue weighted by molar-refractivity contribution is 5.33. The van der Waals surface area contributed by atoms with Gasteiger partial charge in [-0.15, -0.1) is 0 Å². The Morgan fingerprint density at radius 2 is 2.06 bits per heavy atom. The third-order valence-electron chi connectivity index (χ3n) is 2.67. The number of pyridine rings is 1. The lowest BCUT2D eigenvalue weighted by Gasteiger charge is -2.08. The molecule has 0 spiro atoms. The van der Waals surface area contributed by atoms with Gasteiger partial charge in [-0.1, -0.05) is 19.1 Å². The second kappa shape index (κ2) is 5.65. The molecule has 0 aliphatic rings. The Morgan fingerprint density at radius 3 is 2.72 bits per heavy atom. The van der Waals surface area contributed by atoms with E-state index < -0.39 is 0 Å². The first-order valence-electron chi connectivity index (χ1n) is 6.06. The van der Waals surface area contributed by atoms with Crippen molar-refractivity contribution in [2.75, 3.05) is 0 Å². The zero-order chi connectivity index (χ0) is 13.0. The minimum atomic E-state index is -0.000300. The lowest BCUT2D eigenvalue weighted by Crippen LogP contribution is -1.96. The Bertz CT molecular complexity index is 516. The van der Waals surface area contributed by atoms with Crippen LogP contribution in [0.5, 0.6) is 11.6 Å². The number of benzene rings is 1. The first-order valence-corrected chi connectivity index (χ1v) is 6.06. The molecule has 0 saturated heterocycles. The highest BCUT2D eigenvalue weighted by Gasteiger charge is 2.04.